The van der Waals surface area contributed by atoms with E-state index in [9.17, 15) is 0 Å². The number of thioether (sulfide) groups is 1. The lowest BCUT2D eigenvalue weighted by Gasteiger charge is -2.24. The predicted octanol–water partition coefficient (Wildman–Crippen LogP) is 3.29. The minimum absolute atomic E-state index is 0.311. The zero-order chi connectivity index (χ0) is 16.8. The molecule has 1 atom stereocenters. The Labute approximate surface area is 147 Å². The van der Waals surface area contributed by atoms with Gasteiger partial charge in [-0.3, -0.25) is 4.99 Å². The van der Waals surface area contributed by atoms with Gasteiger partial charge in [0.2, 0.25) is 0 Å². The zero-order valence-electron chi connectivity index (χ0n) is 14.2. The number of nitrogens with zero attached hydrogens (tertiary/aromatic N) is 2. The van der Waals surface area contributed by atoms with Crippen LogP contribution in [0.5, 0.6) is 0 Å². The fourth-order valence-electron chi connectivity index (χ4n) is 2.78. The first-order valence-corrected chi connectivity index (χ1v) is 9.27. The summed E-state index contributed by atoms with van der Waals surface area (Å²) in [5.41, 5.74) is 1.89. The van der Waals surface area contributed by atoms with Gasteiger partial charge in [-0.2, -0.15) is 11.8 Å². The fourth-order valence-corrected chi connectivity index (χ4v) is 4.02. The molecule has 1 aliphatic rings. The van der Waals surface area contributed by atoms with Gasteiger partial charge in [0.05, 0.1) is 6.54 Å². The Morgan fingerprint density at radius 2 is 2.17 bits per heavy atom. The summed E-state index contributed by atoms with van der Waals surface area (Å²) < 4.78 is 5.73. The fraction of sp³-hybridized carbons (Fsp3) is 0.444. The van der Waals surface area contributed by atoms with Gasteiger partial charge in [-0.15, -0.1) is 0 Å². The molecule has 0 aliphatic carbocycles. The van der Waals surface area contributed by atoms with Crippen molar-refractivity contribution in [3.63, 3.8) is 0 Å². The number of nitrogens with one attached hydrogen (secondary N) is 2. The maximum atomic E-state index is 5.42. The van der Waals surface area contributed by atoms with Gasteiger partial charge in [0.1, 0.15) is 5.69 Å². The summed E-state index contributed by atoms with van der Waals surface area (Å²) in [5, 5.41) is 10.8. The molecule has 2 N–H and O–H groups in total. The number of aromatic nitrogens is 1. The van der Waals surface area contributed by atoms with Gasteiger partial charge in [-0.1, -0.05) is 35.5 Å². The molecule has 0 radical (unpaired) electrons. The highest BCUT2D eigenvalue weighted by atomic mass is 32.2. The molecule has 0 saturated carbocycles. The van der Waals surface area contributed by atoms with Crippen molar-refractivity contribution in [1.82, 2.24) is 15.8 Å². The van der Waals surface area contributed by atoms with Crippen molar-refractivity contribution in [2.45, 2.75) is 31.1 Å². The smallest absolute Gasteiger partial charge is 0.191 e. The molecule has 0 amide bonds. The van der Waals surface area contributed by atoms with Crippen molar-refractivity contribution >= 4 is 17.7 Å². The maximum Gasteiger partial charge on any atom is 0.191 e. The van der Waals surface area contributed by atoms with Crippen molar-refractivity contribution < 1.29 is 4.52 Å². The van der Waals surface area contributed by atoms with Crippen LogP contribution in [0.2, 0.25) is 0 Å². The first-order chi connectivity index (χ1) is 11.7. The molecule has 1 fully saturated rings. The van der Waals surface area contributed by atoms with Crippen LogP contribution in [0.25, 0.3) is 11.3 Å². The van der Waals surface area contributed by atoms with Crippen LogP contribution in [0.15, 0.2) is 45.9 Å². The highest BCUT2D eigenvalue weighted by Crippen LogP contribution is 2.36. The van der Waals surface area contributed by atoms with Gasteiger partial charge in [-0.25, -0.2) is 0 Å². The molecule has 1 aromatic heterocycles. The molecule has 1 saturated heterocycles. The number of guanidine groups is 1. The van der Waals surface area contributed by atoms with E-state index in [1.54, 1.807) is 7.05 Å². The monoisotopic (exact) mass is 344 g/mol. The first-order valence-electron chi connectivity index (χ1n) is 8.28. The molecule has 1 unspecified atom stereocenters. The Hall–Kier alpha value is -1.95. The van der Waals surface area contributed by atoms with Gasteiger partial charge < -0.3 is 15.2 Å². The molecule has 3 rings (SSSR count). The number of rotatable bonds is 5. The highest BCUT2D eigenvalue weighted by Gasteiger charge is 2.29. The molecule has 24 heavy (non-hydrogen) atoms. The lowest BCUT2D eigenvalue weighted by atomic mass is 10.1. The van der Waals surface area contributed by atoms with E-state index in [0.717, 1.165) is 29.5 Å². The van der Waals surface area contributed by atoms with Crippen LogP contribution in [0.1, 0.15) is 25.5 Å². The maximum absolute atomic E-state index is 5.42. The molecule has 2 heterocycles. The van der Waals surface area contributed by atoms with Gasteiger partial charge in [0.15, 0.2) is 11.7 Å². The van der Waals surface area contributed by atoms with Crippen molar-refractivity contribution in [1.29, 1.82) is 0 Å². The summed E-state index contributed by atoms with van der Waals surface area (Å²) in [4.78, 5) is 4.29. The Morgan fingerprint density at radius 3 is 2.88 bits per heavy atom. The van der Waals surface area contributed by atoms with Crippen LogP contribution in [-0.4, -0.2) is 35.2 Å². The summed E-state index contributed by atoms with van der Waals surface area (Å²) in [6, 6.07) is 12.0. The number of hydrogen-bond donors (Lipinski definition) is 2. The van der Waals surface area contributed by atoms with Gasteiger partial charge in [-0.05, 0) is 25.5 Å². The second-order valence-corrected chi connectivity index (χ2v) is 7.91. The summed E-state index contributed by atoms with van der Waals surface area (Å²) in [7, 11) is 1.79. The molecule has 2 aromatic rings. The van der Waals surface area contributed by atoms with E-state index >= 15 is 0 Å². The van der Waals surface area contributed by atoms with E-state index in [0.29, 0.717) is 11.3 Å². The molecule has 128 valence electrons. The lowest BCUT2D eigenvalue weighted by Crippen LogP contribution is -2.43. The molecular weight excluding hydrogens is 320 g/mol. The third kappa shape index (κ3) is 4.32. The molecule has 1 aliphatic heterocycles. The molecule has 1 aromatic carbocycles. The number of aliphatic imine (C=N–C) groups is 1. The highest BCUT2D eigenvalue weighted by molar-refractivity contribution is 8.00. The van der Waals surface area contributed by atoms with Gasteiger partial charge in [0, 0.05) is 30.0 Å². The average molecular weight is 344 g/mol. The van der Waals surface area contributed by atoms with Gasteiger partial charge >= 0.3 is 0 Å². The van der Waals surface area contributed by atoms with Crippen molar-refractivity contribution in [3.05, 3.63) is 42.1 Å². The predicted molar refractivity (Wildman–Crippen MR) is 100 cm³/mol. The second-order valence-electron chi connectivity index (χ2n) is 6.23. The molecule has 5 nitrogen and oxygen atoms in total. The molecule has 6 heteroatoms. The van der Waals surface area contributed by atoms with E-state index in [-0.39, 0.29) is 0 Å². The first kappa shape index (κ1) is 16.9. The Bertz CT molecular complexity index is 677. The summed E-state index contributed by atoms with van der Waals surface area (Å²) >= 11 is 2.04. The third-order valence-corrected chi connectivity index (χ3v) is 5.75. The SMILES string of the molecule is CN=C(NCc1cc(-c2ccccc2)on1)NCC1(C)CCCS1. The summed E-state index contributed by atoms with van der Waals surface area (Å²) in [6.45, 7) is 3.82. The third-order valence-electron chi connectivity index (χ3n) is 4.21. The quantitative estimate of drug-likeness (QED) is 0.644. The Kier molecular flexibility index (Phi) is 5.45. The Balaban J connectivity index is 1.52. The largest absolute Gasteiger partial charge is 0.356 e. The standard InChI is InChI=1S/C18H24N4OS/c1-18(9-6-10-24-18)13-21-17(19-2)20-12-15-11-16(23-22-15)14-7-4-3-5-8-14/h3-5,7-8,11H,6,9-10,12-13H2,1-2H3,(H2,19,20,21). The van der Waals surface area contributed by atoms with Crippen molar-refractivity contribution in [2.24, 2.45) is 4.99 Å². The molecule has 0 spiro atoms. The summed E-state index contributed by atoms with van der Waals surface area (Å²) in [5.74, 6) is 2.84. The lowest BCUT2D eigenvalue weighted by molar-refractivity contribution is 0.422. The molecular formula is C18H24N4OS. The summed E-state index contributed by atoms with van der Waals surface area (Å²) in [6.07, 6.45) is 2.56. The van der Waals surface area contributed by atoms with Crippen LogP contribution >= 0.6 is 11.8 Å². The van der Waals surface area contributed by atoms with Crippen molar-refractivity contribution in [2.75, 3.05) is 19.3 Å². The topological polar surface area (TPSA) is 62.5 Å². The second kappa shape index (κ2) is 7.75. The minimum Gasteiger partial charge on any atom is -0.356 e. The van der Waals surface area contributed by atoms with E-state index in [4.69, 9.17) is 4.52 Å². The van der Waals surface area contributed by atoms with E-state index in [1.165, 1.54) is 18.6 Å². The number of hydrogen-bond acceptors (Lipinski definition) is 4. The minimum atomic E-state index is 0.311. The van der Waals surface area contributed by atoms with Crippen LogP contribution in [0.4, 0.5) is 0 Å². The van der Waals surface area contributed by atoms with E-state index < -0.39 is 0 Å². The van der Waals surface area contributed by atoms with E-state index in [1.807, 2.05) is 48.2 Å². The zero-order valence-corrected chi connectivity index (χ0v) is 15.0. The molecule has 0 bridgehead atoms. The normalized spacial score (nSPS) is 21.0. The van der Waals surface area contributed by atoms with Crippen LogP contribution < -0.4 is 10.6 Å². The van der Waals surface area contributed by atoms with Crippen LogP contribution in [0.3, 0.4) is 0 Å². The Morgan fingerprint density at radius 1 is 1.33 bits per heavy atom. The van der Waals surface area contributed by atoms with E-state index in [2.05, 4.69) is 27.7 Å². The number of benzene rings is 1. The van der Waals surface area contributed by atoms with Gasteiger partial charge in [0.25, 0.3) is 0 Å². The average Bonchev–Trinajstić information content (AvgIpc) is 3.26. The van der Waals surface area contributed by atoms with Crippen LogP contribution in [0, 0.1) is 0 Å². The van der Waals surface area contributed by atoms with Crippen molar-refractivity contribution in [3.8, 4) is 11.3 Å². The van der Waals surface area contributed by atoms with Crippen LogP contribution in [-0.2, 0) is 6.54 Å².